The molecular weight excluding hydrogens is 1120 g/mol. The zero-order valence-corrected chi connectivity index (χ0v) is 47.6. The van der Waals surface area contributed by atoms with Crippen molar-refractivity contribution in [2.45, 2.75) is 69.2 Å². The normalized spacial score (nSPS) is 11.6. The van der Waals surface area contributed by atoms with E-state index in [4.69, 9.17) is 46.4 Å². The Balaban J connectivity index is 0.000000298. The van der Waals surface area contributed by atoms with Crippen LogP contribution in [0.4, 0.5) is 0 Å². The molecule has 6 aromatic carbocycles. The lowest BCUT2D eigenvalue weighted by Gasteiger charge is -2.19. The van der Waals surface area contributed by atoms with Gasteiger partial charge in [0, 0.05) is 88.0 Å². The Hall–Kier alpha value is -6.46. The molecule has 0 saturated carbocycles. The summed E-state index contributed by atoms with van der Waals surface area (Å²) >= 11 is 24.2. The van der Waals surface area contributed by atoms with Crippen LogP contribution in [0.3, 0.4) is 0 Å². The zero-order valence-electron chi connectivity index (χ0n) is 44.6. The number of aromatic nitrogens is 2. The molecule has 440 valence electrons. The molecule has 0 bridgehead atoms. The number of halogens is 4. The van der Waals surface area contributed by atoms with E-state index in [0.29, 0.717) is 125 Å². The monoisotopic (exact) mass is 1200 g/mol. The smallest absolute Gasteiger partial charge is 0.233 e. The predicted molar refractivity (Wildman–Crippen MR) is 346 cm³/mol. The van der Waals surface area contributed by atoms with Crippen LogP contribution in [-0.2, 0) is 22.4 Å². The summed E-state index contributed by atoms with van der Waals surface area (Å²) < 4.78 is 0. The summed E-state index contributed by atoms with van der Waals surface area (Å²) in [4.78, 5) is 84.4. The van der Waals surface area contributed by atoms with Gasteiger partial charge in [-0.3, -0.25) is 28.8 Å². The largest absolute Gasteiger partial charge is 0.355 e. The van der Waals surface area contributed by atoms with E-state index in [1.807, 2.05) is 66.3 Å². The number of aromatic amines is 2. The molecule has 2 amide bonds. The van der Waals surface area contributed by atoms with Crippen LogP contribution >= 0.6 is 46.4 Å². The van der Waals surface area contributed by atoms with Crippen molar-refractivity contribution in [2.24, 2.45) is 0 Å². The van der Waals surface area contributed by atoms with E-state index in [0.717, 1.165) is 61.3 Å². The third kappa shape index (κ3) is 17.8. The van der Waals surface area contributed by atoms with Crippen molar-refractivity contribution in [3.8, 4) is 0 Å². The zero-order chi connectivity index (χ0) is 56.2. The summed E-state index contributed by atoms with van der Waals surface area (Å²) in [6, 6.07) is 28.2. The molecule has 2 heterocycles. The fourth-order valence-electron chi connectivity index (χ4n) is 9.29. The molecule has 8 aromatic rings. The average molecular weight is 1200 g/mol. The van der Waals surface area contributed by atoms with Crippen molar-refractivity contribution in [1.29, 1.82) is 0 Å². The second-order valence-electron chi connectivity index (χ2n) is 19.6. The number of benzene rings is 6. The molecule has 2 aliphatic carbocycles. The highest BCUT2D eigenvalue weighted by molar-refractivity contribution is 6.32. The number of fused-ring (bicyclic) bond motifs is 8. The van der Waals surface area contributed by atoms with Crippen LogP contribution in [0.15, 0.2) is 107 Å². The first-order valence-electron chi connectivity index (χ1n) is 25.8. The van der Waals surface area contributed by atoms with E-state index in [2.05, 4.69) is 41.0 Å². The van der Waals surface area contributed by atoms with Gasteiger partial charge in [-0.25, -0.2) is 0 Å². The van der Waals surface area contributed by atoms with Crippen LogP contribution in [0, 0.1) is 0 Å². The van der Waals surface area contributed by atoms with E-state index in [-0.39, 0.29) is 63.9 Å². The molecule has 2 aromatic heterocycles. The number of likely N-dealkylation sites (N-methyl/N-ethyl adjacent to an activating group) is 2. The number of carbonyl (C=O) groups is 4. The van der Waals surface area contributed by atoms with Gasteiger partial charge >= 0.3 is 0 Å². The van der Waals surface area contributed by atoms with Crippen molar-refractivity contribution in [1.82, 2.24) is 41.0 Å². The maximum atomic E-state index is 12.9. The van der Waals surface area contributed by atoms with Crippen LogP contribution in [0.25, 0.3) is 43.6 Å². The van der Waals surface area contributed by atoms with Gasteiger partial charge in [0.25, 0.3) is 0 Å². The molecule has 2 aliphatic rings. The van der Waals surface area contributed by atoms with E-state index in [1.54, 1.807) is 72.8 Å². The number of ketones is 2. The number of nitrogens with one attached hydrogen (secondary N) is 6. The minimum absolute atomic E-state index is 0. The fraction of sp³-hybridized carbons (Fsp3) is 0.344. The Bertz CT molecular complexity index is 3430. The van der Waals surface area contributed by atoms with Crippen LogP contribution in [0.5, 0.6) is 0 Å². The van der Waals surface area contributed by atoms with Gasteiger partial charge in [0.2, 0.25) is 11.8 Å². The van der Waals surface area contributed by atoms with Crippen LogP contribution in [0.1, 0.15) is 110 Å². The Morgan fingerprint density at radius 3 is 1.13 bits per heavy atom. The third-order valence-electron chi connectivity index (χ3n) is 13.1. The first kappa shape index (κ1) is 69.8. The van der Waals surface area contributed by atoms with Gasteiger partial charge in [-0.05, 0) is 201 Å². The van der Waals surface area contributed by atoms with Crippen molar-refractivity contribution < 1.29 is 19.2 Å². The maximum absolute atomic E-state index is 12.9. The van der Waals surface area contributed by atoms with Gasteiger partial charge < -0.3 is 41.0 Å². The number of hydrogen-bond acceptors (Lipinski definition) is 10. The molecular formula is C64H80Cl4N8O6. The highest BCUT2D eigenvalue weighted by Gasteiger charge is 2.26. The summed E-state index contributed by atoms with van der Waals surface area (Å²) in [7, 11) is 8.18. The molecule has 82 heavy (non-hydrogen) atoms. The molecule has 10 rings (SSSR count). The van der Waals surface area contributed by atoms with Crippen molar-refractivity contribution in [3.05, 3.63) is 182 Å². The Kier molecular flexibility index (Phi) is 27.6. The van der Waals surface area contributed by atoms with Crippen molar-refractivity contribution in [2.75, 3.05) is 80.5 Å². The van der Waals surface area contributed by atoms with Crippen LogP contribution in [-0.4, -0.2) is 124 Å². The molecule has 0 aliphatic heterocycles. The van der Waals surface area contributed by atoms with E-state index < -0.39 is 0 Å². The second-order valence-corrected chi connectivity index (χ2v) is 21.3. The highest BCUT2D eigenvalue weighted by Crippen LogP contribution is 2.33. The first-order chi connectivity index (χ1) is 37.3. The molecule has 14 nitrogen and oxygen atoms in total. The van der Waals surface area contributed by atoms with E-state index in [9.17, 15) is 28.8 Å². The van der Waals surface area contributed by atoms with E-state index in [1.165, 1.54) is 0 Å². The number of hydrogen-bond donors (Lipinski definition) is 6. The number of H-pyrrole nitrogens is 2. The van der Waals surface area contributed by atoms with Gasteiger partial charge in [-0.15, -0.1) is 0 Å². The van der Waals surface area contributed by atoms with Gasteiger partial charge in [-0.2, -0.15) is 0 Å². The van der Waals surface area contributed by atoms with Crippen molar-refractivity contribution >= 4 is 113 Å². The number of pyridine rings is 2. The minimum atomic E-state index is -0.0894. The van der Waals surface area contributed by atoms with Gasteiger partial charge in [-0.1, -0.05) is 88.2 Å². The summed E-state index contributed by atoms with van der Waals surface area (Å²) in [5, 5.41) is 15.9. The molecule has 0 spiro atoms. The topological polar surface area (TPSA) is 189 Å². The molecule has 6 N–H and O–H groups in total. The lowest BCUT2D eigenvalue weighted by Crippen LogP contribution is -2.34. The summed E-state index contributed by atoms with van der Waals surface area (Å²) in [6.07, 6.45) is 3.34. The number of carbonyl (C=O) groups excluding carboxylic acids is 4. The Morgan fingerprint density at radius 2 is 0.780 bits per heavy atom. The SMILES string of the molecule is C.C.C.C.CCNC(=O)CNCCCN(C)C.CCNC(=O)CNCCCN(C)C.O=C1c2cc(Cl)ccc2Cc2cc3c(=O)c4cc(Cl)ccc4[nH]c3cc21.O=C1c2cc(Cl)ccc2Cc2cc3c(=O)c4cc(Cl)ccc4[nH]c3cc21. The Morgan fingerprint density at radius 1 is 0.451 bits per heavy atom. The highest BCUT2D eigenvalue weighted by atomic mass is 35.5. The van der Waals surface area contributed by atoms with Gasteiger partial charge in [0.15, 0.2) is 22.4 Å². The third-order valence-corrected chi connectivity index (χ3v) is 14.0. The lowest BCUT2D eigenvalue weighted by atomic mass is 9.84. The van der Waals surface area contributed by atoms with E-state index >= 15 is 0 Å². The summed E-state index contributed by atoms with van der Waals surface area (Å²) in [5.41, 5.74) is 8.50. The molecule has 18 heteroatoms. The molecule has 0 radical (unpaired) electrons. The minimum Gasteiger partial charge on any atom is -0.355 e. The number of nitrogens with zero attached hydrogens (tertiary/aromatic N) is 2. The maximum Gasteiger partial charge on any atom is 0.233 e. The fourth-order valence-corrected chi connectivity index (χ4v) is 9.97. The second kappa shape index (κ2) is 32.4. The van der Waals surface area contributed by atoms with Gasteiger partial charge in [0.05, 0.1) is 24.1 Å². The molecule has 0 atom stereocenters. The molecule has 0 unspecified atom stereocenters. The molecule has 0 fully saturated rings. The average Bonchev–Trinajstić information content (AvgIpc) is 3.55. The summed E-state index contributed by atoms with van der Waals surface area (Å²) in [6.45, 7) is 10.0. The lowest BCUT2D eigenvalue weighted by molar-refractivity contribution is -0.120. The summed E-state index contributed by atoms with van der Waals surface area (Å²) in [5.74, 6) is 0.0186. The van der Waals surface area contributed by atoms with Crippen LogP contribution in [0.2, 0.25) is 20.1 Å². The standard InChI is InChI=1S/2C21H11Cl2NO2.2C9H21N3O.4CH4/c2*22-12-2-1-10-5-11-6-16-19(9-15(11)20(25)14(10)7-12)24-18-4-3-13(23)8-17(18)21(16)26;2*1-4-11-9(13)8-10-6-5-7-12(2)3;;;;/h2*1-4,6-9H,5H2,(H,24,26);2*10H,4-8H2,1-3H3,(H,11,13);4*1H4. The first-order valence-corrected chi connectivity index (χ1v) is 27.3. The van der Waals surface area contributed by atoms with Crippen LogP contribution < -0.4 is 32.1 Å². The Labute approximate surface area is 502 Å². The molecule has 0 saturated heterocycles. The van der Waals surface area contributed by atoms with Gasteiger partial charge in [0.1, 0.15) is 0 Å². The quantitative estimate of drug-likeness (QED) is 0.0452. The number of rotatable bonds is 14. The van der Waals surface area contributed by atoms with Crippen molar-refractivity contribution in [3.63, 3.8) is 0 Å². The number of amides is 2. The predicted octanol–water partition coefficient (Wildman–Crippen LogP) is 12.1.